The van der Waals surface area contributed by atoms with Crippen LogP contribution in [0.1, 0.15) is 11.1 Å². The molecule has 4 heteroatoms. The fourth-order valence-corrected chi connectivity index (χ4v) is 2.78. The average molecular weight is 318 g/mol. The van der Waals surface area contributed by atoms with Crippen LogP contribution in [0.4, 0.5) is 0 Å². The molecule has 2 aromatic carbocycles. The van der Waals surface area contributed by atoms with Crippen LogP contribution in [0.2, 0.25) is 0 Å². The van der Waals surface area contributed by atoms with Gasteiger partial charge in [0.15, 0.2) is 0 Å². The third-order valence-electron chi connectivity index (χ3n) is 3.96. The smallest absolute Gasteiger partial charge is 0.124 e. The zero-order chi connectivity index (χ0) is 16.8. The van der Waals surface area contributed by atoms with E-state index in [0.717, 1.165) is 45.5 Å². The minimum Gasteiger partial charge on any atom is -0.361 e. The second kappa shape index (κ2) is 7.42. The maximum Gasteiger partial charge on any atom is 0.124 e. The molecule has 0 saturated carbocycles. The lowest BCUT2D eigenvalue weighted by Crippen LogP contribution is -1.81. The second-order valence-electron chi connectivity index (χ2n) is 5.46. The summed E-state index contributed by atoms with van der Waals surface area (Å²) in [6, 6.07) is 15.9. The van der Waals surface area contributed by atoms with E-state index in [1.807, 2.05) is 60.9 Å². The molecule has 0 fully saturated rings. The minimum atomic E-state index is 0.490. The molecule has 0 radical (unpaired) electrons. The van der Waals surface area contributed by atoms with Gasteiger partial charge in [-0.25, -0.2) is 0 Å². The Kier molecular flexibility index (Phi) is 4.87. The number of aldehydes is 2. The molecule has 0 spiro atoms. The molecule has 120 valence electrons. The standard InChI is InChI=1S/2C10H9NO/c2*12-6-5-8-7-11-10-4-2-1-3-9(8)10/h2*1-4,6-7,11H,5H2. The van der Waals surface area contributed by atoms with Gasteiger partial charge in [0, 0.05) is 47.0 Å². The van der Waals surface area contributed by atoms with E-state index in [9.17, 15) is 9.59 Å². The number of benzene rings is 2. The van der Waals surface area contributed by atoms with Crippen molar-refractivity contribution in [1.82, 2.24) is 9.97 Å². The van der Waals surface area contributed by atoms with E-state index >= 15 is 0 Å². The van der Waals surface area contributed by atoms with Gasteiger partial charge in [-0.2, -0.15) is 0 Å². The molecule has 0 unspecified atom stereocenters. The molecule has 2 heterocycles. The Morgan fingerprint density at radius 1 is 0.667 bits per heavy atom. The summed E-state index contributed by atoms with van der Waals surface area (Å²) < 4.78 is 0. The fourth-order valence-electron chi connectivity index (χ4n) is 2.78. The van der Waals surface area contributed by atoms with Gasteiger partial charge in [-0.3, -0.25) is 0 Å². The zero-order valence-electron chi connectivity index (χ0n) is 13.2. The molecule has 0 bridgehead atoms. The Bertz CT molecular complexity index is 886. The number of carbonyl (C=O) groups excluding carboxylic acids is 2. The first-order valence-corrected chi connectivity index (χ1v) is 7.80. The summed E-state index contributed by atoms with van der Waals surface area (Å²) in [6.45, 7) is 0. The normalized spacial score (nSPS) is 10.3. The van der Waals surface area contributed by atoms with Crippen LogP contribution in [-0.2, 0) is 22.4 Å². The lowest BCUT2D eigenvalue weighted by molar-refractivity contribution is -0.108. The first-order chi connectivity index (χ1) is 11.8. The number of aromatic nitrogens is 2. The number of nitrogens with one attached hydrogen (secondary N) is 2. The largest absolute Gasteiger partial charge is 0.361 e. The lowest BCUT2D eigenvalue weighted by atomic mass is 10.1. The molecule has 0 saturated heterocycles. The lowest BCUT2D eigenvalue weighted by Gasteiger charge is -1.90. The van der Waals surface area contributed by atoms with Gasteiger partial charge in [-0.05, 0) is 23.3 Å². The van der Waals surface area contributed by atoms with Crippen molar-refractivity contribution in [2.24, 2.45) is 0 Å². The minimum absolute atomic E-state index is 0.490. The number of rotatable bonds is 4. The van der Waals surface area contributed by atoms with Crippen LogP contribution in [-0.4, -0.2) is 22.5 Å². The Labute approximate surface area is 139 Å². The van der Waals surface area contributed by atoms with E-state index in [1.165, 1.54) is 0 Å². The highest BCUT2D eigenvalue weighted by molar-refractivity contribution is 5.85. The third kappa shape index (κ3) is 3.27. The van der Waals surface area contributed by atoms with Gasteiger partial charge in [-0.15, -0.1) is 0 Å². The molecule has 2 N–H and O–H groups in total. The van der Waals surface area contributed by atoms with E-state index in [1.54, 1.807) is 0 Å². The molecule has 0 aliphatic rings. The number of hydrogen-bond acceptors (Lipinski definition) is 2. The van der Waals surface area contributed by atoms with Crippen LogP contribution in [0.5, 0.6) is 0 Å². The number of fused-ring (bicyclic) bond motifs is 2. The van der Waals surface area contributed by atoms with Gasteiger partial charge in [-0.1, -0.05) is 36.4 Å². The monoisotopic (exact) mass is 318 g/mol. The molecular formula is C20H18N2O2. The first-order valence-electron chi connectivity index (χ1n) is 7.80. The van der Waals surface area contributed by atoms with Gasteiger partial charge in [0.05, 0.1) is 0 Å². The van der Waals surface area contributed by atoms with Crippen molar-refractivity contribution in [2.45, 2.75) is 12.8 Å². The van der Waals surface area contributed by atoms with E-state index < -0.39 is 0 Å². The molecule has 0 atom stereocenters. The summed E-state index contributed by atoms with van der Waals surface area (Å²) in [5, 5.41) is 2.29. The predicted molar refractivity (Wildman–Crippen MR) is 96.1 cm³/mol. The van der Waals surface area contributed by atoms with E-state index in [0.29, 0.717) is 12.8 Å². The summed E-state index contributed by atoms with van der Waals surface area (Å²) in [5.41, 5.74) is 4.32. The van der Waals surface area contributed by atoms with Crippen LogP contribution < -0.4 is 0 Å². The summed E-state index contributed by atoms with van der Waals surface area (Å²) in [5.74, 6) is 0. The van der Waals surface area contributed by atoms with Crippen molar-refractivity contribution in [3.63, 3.8) is 0 Å². The number of H-pyrrole nitrogens is 2. The van der Waals surface area contributed by atoms with Crippen LogP contribution in [0, 0.1) is 0 Å². The van der Waals surface area contributed by atoms with Gasteiger partial charge >= 0.3 is 0 Å². The third-order valence-corrected chi connectivity index (χ3v) is 3.96. The van der Waals surface area contributed by atoms with Crippen LogP contribution in [0.15, 0.2) is 60.9 Å². The molecule has 4 aromatic rings. The molecule has 4 rings (SSSR count). The molecule has 0 amide bonds. The van der Waals surface area contributed by atoms with Gasteiger partial charge in [0.25, 0.3) is 0 Å². The second-order valence-corrected chi connectivity index (χ2v) is 5.46. The SMILES string of the molecule is O=CCc1c[nH]c2ccccc12.O=CCc1c[nH]c2ccccc12. The van der Waals surface area contributed by atoms with Gasteiger partial charge < -0.3 is 19.6 Å². The molecule has 0 aliphatic carbocycles. The Hall–Kier alpha value is -3.14. The predicted octanol–water partition coefficient (Wildman–Crippen LogP) is 3.82. The molecule has 0 aliphatic heterocycles. The zero-order valence-corrected chi connectivity index (χ0v) is 13.2. The van der Waals surface area contributed by atoms with Gasteiger partial charge in [0.2, 0.25) is 0 Å². The van der Waals surface area contributed by atoms with E-state index in [4.69, 9.17) is 0 Å². The van der Waals surface area contributed by atoms with Crippen molar-refractivity contribution < 1.29 is 9.59 Å². The molecule has 4 nitrogen and oxygen atoms in total. The van der Waals surface area contributed by atoms with Crippen molar-refractivity contribution in [2.75, 3.05) is 0 Å². The Balaban J connectivity index is 0.000000141. The summed E-state index contributed by atoms with van der Waals surface area (Å²) in [6.07, 6.45) is 6.61. The highest BCUT2D eigenvalue weighted by atomic mass is 16.1. The Morgan fingerprint density at radius 3 is 1.50 bits per heavy atom. The quantitative estimate of drug-likeness (QED) is 0.562. The average Bonchev–Trinajstić information content (AvgIpc) is 3.22. The van der Waals surface area contributed by atoms with E-state index in [2.05, 4.69) is 9.97 Å². The topological polar surface area (TPSA) is 65.7 Å². The Morgan fingerprint density at radius 2 is 1.08 bits per heavy atom. The summed E-state index contributed by atoms with van der Waals surface area (Å²) in [7, 11) is 0. The highest BCUT2D eigenvalue weighted by Crippen LogP contribution is 2.17. The summed E-state index contributed by atoms with van der Waals surface area (Å²) in [4.78, 5) is 26.8. The number of hydrogen-bond donors (Lipinski definition) is 2. The molecule has 24 heavy (non-hydrogen) atoms. The maximum atomic E-state index is 10.3. The van der Waals surface area contributed by atoms with Crippen molar-refractivity contribution in [3.8, 4) is 0 Å². The van der Waals surface area contributed by atoms with Crippen LogP contribution in [0.3, 0.4) is 0 Å². The molecule has 2 aromatic heterocycles. The maximum absolute atomic E-state index is 10.3. The molecular weight excluding hydrogens is 300 g/mol. The summed E-state index contributed by atoms with van der Waals surface area (Å²) >= 11 is 0. The highest BCUT2D eigenvalue weighted by Gasteiger charge is 2.01. The number of carbonyl (C=O) groups is 2. The number of para-hydroxylation sites is 2. The van der Waals surface area contributed by atoms with Crippen LogP contribution in [0.25, 0.3) is 21.8 Å². The number of aromatic amines is 2. The van der Waals surface area contributed by atoms with Crippen molar-refractivity contribution >= 4 is 34.4 Å². The van der Waals surface area contributed by atoms with Crippen LogP contribution >= 0.6 is 0 Å². The first kappa shape index (κ1) is 15.7. The van der Waals surface area contributed by atoms with Gasteiger partial charge in [0.1, 0.15) is 12.6 Å². The van der Waals surface area contributed by atoms with Crippen molar-refractivity contribution in [3.05, 3.63) is 72.1 Å². The van der Waals surface area contributed by atoms with E-state index in [-0.39, 0.29) is 0 Å². The fraction of sp³-hybridized carbons (Fsp3) is 0.100. The van der Waals surface area contributed by atoms with Crippen molar-refractivity contribution in [1.29, 1.82) is 0 Å².